The van der Waals surface area contributed by atoms with Crippen molar-refractivity contribution in [3.05, 3.63) is 58.7 Å². The number of carbonyl (C=O) groups excluding carboxylic acids is 1. The van der Waals surface area contributed by atoms with Crippen LogP contribution in [0.1, 0.15) is 76.6 Å². The third kappa shape index (κ3) is 6.53. The summed E-state index contributed by atoms with van der Waals surface area (Å²) in [6.07, 6.45) is 1.34. The minimum absolute atomic E-state index is 0.0920. The molecule has 0 bridgehead atoms. The fourth-order valence-corrected chi connectivity index (χ4v) is 4.21. The minimum atomic E-state index is -0.538. The molecule has 0 saturated carbocycles. The summed E-state index contributed by atoms with van der Waals surface area (Å²) >= 11 is 0. The maximum atomic E-state index is 11.7. The molecule has 5 heteroatoms. The smallest absolute Gasteiger partial charge is 0.344 e. The Morgan fingerprint density at radius 2 is 1.38 bits per heavy atom. The summed E-state index contributed by atoms with van der Waals surface area (Å²) in [5, 5.41) is 10.3. The number of ether oxygens (including phenoxy) is 3. The van der Waals surface area contributed by atoms with Crippen molar-refractivity contribution >= 4 is 5.97 Å². The molecule has 0 aromatic heterocycles. The molecule has 2 rings (SSSR count). The lowest BCUT2D eigenvalue weighted by atomic mass is 9.70. The van der Waals surface area contributed by atoms with Gasteiger partial charge in [0.05, 0.1) is 12.7 Å². The fraction of sp³-hybridized carbons (Fsp3) is 0.552. The van der Waals surface area contributed by atoms with Crippen LogP contribution in [0.15, 0.2) is 36.4 Å². The Labute approximate surface area is 205 Å². The van der Waals surface area contributed by atoms with Gasteiger partial charge in [0.1, 0.15) is 18.1 Å². The lowest BCUT2D eigenvalue weighted by Crippen LogP contribution is -2.32. The fourth-order valence-electron chi connectivity index (χ4n) is 4.21. The first-order valence-electron chi connectivity index (χ1n) is 12.3. The monoisotopic (exact) mass is 470 g/mol. The van der Waals surface area contributed by atoms with E-state index in [0.717, 1.165) is 29.7 Å². The highest BCUT2D eigenvalue weighted by Crippen LogP contribution is 2.41. The number of carbonyl (C=O) groups is 1. The van der Waals surface area contributed by atoms with E-state index >= 15 is 0 Å². The summed E-state index contributed by atoms with van der Waals surface area (Å²) in [6, 6.07) is 12.6. The van der Waals surface area contributed by atoms with E-state index in [1.54, 1.807) is 6.92 Å². The van der Waals surface area contributed by atoms with E-state index in [-0.39, 0.29) is 30.0 Å². The van der Waals surface area contributed by atoms with Gasteiger partial charge >= 0.3 is 5.97 Å². The predicted molar refractivity (Wildman–Crippen MR) is 137 cm³/mol. The summed E-state index contributed by atoms with van der Waals surface area (Å²) in [7, 11) is 0. The Kier molecular flexibility index (Phi) is 9.57. The molecule has 0 spiro atoms. The van der Waals surface area contributed by atoms with Crippen LogP contribution in [0.5, 0.6) is 11.5 Å². The molecule has 0 aliphatic heterocycles. The van der Waals surface area contributed by atoms with E-state index in [9.17, 15) is 9.90 Å². The van der Waals surface area contributed by atoms with Crippen LogP contribution in [0.3, 0.4) is 0 Å². The zero-order valence-electron chi connectivity index (χ0n) is 22.2. The summed E-state index contributed by atoms with van der Waals surface area (Å²) in [6.45, 7) is 16.8. The van der Waals surface area contributed by atoms with E-state index < -0.39 is 6.10 Å². The van der Waals surface area contributed by atoms with Gasteiger partial charge in [0.15, 0.2) is 6.61 Å². The number of hydrogen-bond acceptors (Lipinski definition) is 5. The SMILES string of the molecule is CCOC(=O)COc1ccc(C(CC)(CC)c2ccc(OCC(O)C(C)(C)C)c(C)c2)cc1C. The first-order valence-corrected chi connectivity index (χ1v) is 12.3. The molecule has 0 saturated heterocycles. The van der Waals surface area contributed by atoms with Crippen molar-refractivity contribution in [2.24, 2.45) is 5.41 Å². The van der Waals surface area contributed by atoms with Crippen molar-refractivity contribution in [3.8, 4) is 11.5 Å². The second-order valence-corrected chi connectivity index (χ2v) is 10.0. The first kappa shape index (κ1) is 27.7. The molecule has 5 nitrogen and oxygen atoms in total. The Bertz CT molecular complexity index is 953. The molecular weight excluding hydrogens is 428 g/mol. The van der Waals surface area contributed by atoms with Crippen LogP contribution in [-0.4, -0.2) is 37.0 Å². The Morgan fingerprint density at radius 1 is 0.882 bits per heavy atom. The van der Waals surface area contributed by atoms with Crippen molar-refractivity contribution in [3.63, 3.8) is 0 Å². The number of hydrogen-bond donors (Lipinski definition) is 1. The Morgan fingerprint density at radius 3 is 1.79 bits per heavy atom. The van der Waals surface area contributed by atoms with Crippen LogP contribution in [0.2, 0.25) is 0 Å². The molecule has 1 unspecified atom stereocenters. The topological polar surface area (TPSA) is 65.0 Å². The van der Waals surface area contributed by atoms with Crippen LogP contribution < -0.4 is 9.47 Å². The molecular formula is C29H42O5. The van der Waals surface area contributed by atoms with E-state index in [2.05, 4.69) is 45.0 Å². The van der Waals surface area contributed by atoms with Gasteiger partial charge in [-0.05, 0) is 73.4 Å². The van der Waals surface area contributed by atoms with Crippen molar-refractivity contribution in [1.82, 2.24) is 0 Å². The average Bonchev–Trinajstić information content (AvgIpc) is 2.78. The lowest BCUT2D eigenvalue weighted by Gasteiger charge is -2.34. The van der Waals surface area contributed by atoms with Crippen LogP contribution in [-0.2, 0) is 14.9 Å². The van der Waals surface area contributed by atoms with Crippen LogP contribution in [0.25, 0.3) is 0 Å². The molecule has 0 radical (unpaired) electrons. The molecule has 0 amide bonds. The van der Waals surface area contributed by atoms with E-state index in [0.29, 0.717) is 12.4 Å². The van der Waals surface area contributed by atoms with Crippen molar-refractivity contribution in [2.45, 2.75) is 79.8 Å². The number of rotatable bonds is 11. The summed E-state index contributed by atoms with van der Waals surface area (Å²) < 4.78 is 16.6. The molecule has 188 valence electrons. The number of esters is 1. The van der Waals surface area contributed by atoms with Crippen molar-refractivity contribution < 1.29 is 24.1 Å². The summed E-state index contributed by atoms with van der Waals surface area (Å²) in [5.74, 6) is 1.12. The number of aliphatic hydroxyl groups excluding tert-OH is 1. The lowest BCUT2D eigenvalue weighted by molar-refractivity contribution is -0.145. The van der Waals surface area contributed by atoms with Gasteiger partial charge in [0.2, 0.25) is 0 Å². The first-order chi connectivity index (χ1) is 16.0. The minimum Gasteiger partial charge on any atom is -0.491 e. The van der Waals surface area contributed by atoms with Gasteiger partial charge in [-0.25, -0.2) is 4.79 Å². The zero-order valence-corrected chi connectivity index (χ0v) is 22.2. The van der Waals surface area contributed by atoms with Gasteiger partial charge < -0.3 is 19.3 Å². The van der Waals surface area contributed by atoms with Gasteiger partial charge in [0, 0.05) is 5.41 Å². The zero-order chi connectivity index (χ0) is 25.5. The highest BCUT2D eigenvalue weighted by atomic mass is 16.6. The summed E-state index contributed by atoms with van der Waals surface area (Å²) in [4.78, 5) is 11.7. The number of aliphatic hydroxyl groups is 1. The molecule has 1 N–H and O–H groups in total. The van der Waals surface area contributed by atoms with Gasteiger partial charge in [-0.2, -0.15) is 0 Å². The molecule has 2 aromatic carbocycles. The van der Waals surface area contributed by atoms with Crippen molar-refractivity contribution in [1.29, 1.82) is 0 Å². The Hall–Kier alpha value is -2.53. The molecule has 2 aromatic rings. The summed E-state index contributed by atoms with van der Waals surface area (Å²) in [5.41, 5.74) is 4.11. The molecule has 0 aliphatic rings. The molecule has 0 aliphatic carbocycles. The molecule has 1 atom stereocenters. The van der Waals surface area contributed by atoms with Gasteiger partial charge in [-0.1, -0.05) is 58.9 Å². The third-order valence-electron chi connectivity index (χ3n) is 6.71. The van der Waals surface area contributed by atoms with Crippen molar-refractivity contribution in [2.75, 3.05) is 19.8 Å². The Balaban J connectivity index is 2.29. The van der Waals surface area contributed by atoms with E-state index in [1.807, 2.05) is 39.8 Å². The molecule has 0 fully saturated rings. The molecule has 34 heavy (non-hydrogen) atoms. The van der Waals surface area contributed by atoms with Crippen LogP contribution in [0.4, 0.5) is 0 Å². The predicted octanol–water partition coefficient (Wildman–Crippen LogP) is 6.14. The third-order valence-corrected chi connectivity index (χ3v) is 6.71. The highest BCUT2D eigenvalue weighted by molar-refractivity contribution is 5.71. The second kappa shape index (κ2) is 11.7. The van der Waals surface area contributed by atoms with Gasteiger partial charge in [0.25, 0.3) is 0 Å². The maximum absolute atomic E-state index is 11.7. The number of aryl methyl sites for hydroxylation is 2. The number of benzene rings is 2. The van der Waals surface area contributed by atoms with E-state index in [1.165, 1.54) is 11.1 Å². The highest BCUT2D eigenvalue weighted by Gasteiger charge is 2.32. The van der Waals surface area contributed by atoms with Gasteiger partial charge in [-0.3, -0.25) is 0 Å². The van der Waals surface area contributed by atoms with Crippen LogP contribution >= 0.6 is 0 Å². The molecule has 0 heterocycles. The average molecular weight is 471 g/mol. The van der Waals surface area contributed by atoms with E-state index in [4.69, 9.17) is 14.2 Å². The quantitative estimate of drug-likeness (QED) is 0.400. The maximum Gasteiger partial charge on any atom is 0.344 e. The second-order valence-electron chi connectivity index (χ2n) is 10.0. The van der Waals surface area contributed by atoms with Gasteiger partial charge in [-0.15, -0.1) is 0 Å². The van der Waals surface area contributed by atoms with Crippen LogP contribution in [0, 0.1) is 19.3 Å². The normalized spacial score (nSPS) is 12.9. The largest absolute Gasteiger partial charge is 0.491 e. The standard InChI is InChI=1S/C29H42O5/c1-9-29(10-2,23-13-15-25(21(5)17-23)34-19-27(31)32-11-3)22-12-14-24(20(4)16-22)33-18-26(30)28(6,7)8/h12-17,26,30H,9-11,18-19H2,1-8H3.